The minimum atomic E-state index is -0.390. The van der Waals surface area contributed by atoms with Gasteiger partial charge >= 0.3 is 0 Å². The SMILES string of the molecule is CC1=C(C)c2c(ccc3ccccc23)C(=O)C1=O. The van der Waals surface area contributed by atoms with Crippen molar-refractivity contribution in [1.29, 1.82) is 0 Å². The molecule has 0 amide bonds. The number of hydrogen-bond donors (Lipinski definition) is 0. The molecule has 0 aromatic heterocycles. The van der Waals surface area contributed by atoms with Crippen LogP contribution < -0.4 is 0 Å². The van der Waals surface area contributed by atoms with E-state index < -0.39 is 0 Å². The molecule has 0 bridgehead atoms. The van der Waals surface area contributed by atoms with Crippen LogP contribution in [0.2, 0.25) is 0 Å². The maximum absolute atomic E-state index is 12.0. The highest BCUT2D eigenvalue weighted by molar-refractivity contribution is 6.52. The van der Waals surface area contributed by atoms with Gasteiger partial charge in [0.25, 0.3) is 0 Å². The minimum absolute atomic E-state index is 0.379. The Morgan fingerprint density at radius 1 is 0.778 bits per heavy atom. The van der Waals surface area contributed by atoms with Gasteiger partial charge in [-0.3, -0.25) is 9.59 Å². The fourth-order valence-corrected chi connectivity index (χ4v) is 2.52. The molecule has 0 saturated carbocycles. The molecule has 1 aliphatic rings. The first-order valence-corrected chi connectivity index (χ1v) is 5.90. The Kier molecular flexibility index (Phi) is 2.20. The molecule has 0 heterocycles. The lowest BCUT2D eigenvalue weighted by molar-refractivity contribution is -0.111. The van der Waals surface area contributed by atoms with Crippen LogP contribution in [0.3, 0.4) is 0 Å². The van der Waals surface area contributed by atoms with Crippen LogP contribution >= 0.6 is 0 Å². The average Bonchev–Trinajstić information content (AvgIpc) is 2.41. The smallest absolute Gasteiger partial charge is 0.233 e. The summed E-state index contributed by atoms with van der Waals surface area (Å²) in [6.07, 6.45) is 0. The zero-order valence-electron chi connectivity index (χ0n) is 10.3. The summed E-state index contributed by atoms with van der Waals surface area (Å²) in [5.41, 5.74) is 2.91. The molecule has 0 unspecified atom stereocenters. The van der Waals surface area contributed by atoms with Crippen LogP contribution in [0.25, 0.3) is 16.3 Å². The van der Waals surface area contributed by atoms with E-state index in [2.05, 4.69) is 0 Å². The predicted octanol–water partition coefficient (Wildman–Crippen LogP) is 3.40. The van der Waals surface area contributed by atoms with Crippen LogP contribution in [0.4, 0.5) is 0 Å². The van der Waals surface area contributed by atoms with Gasteiger partial charge in [0.2, 0.25) is 11.6 Å². The van der Waals surface area contributed by atoms with Crippen molar-refractivity contribution in [3.8, 4) is 0 Å². The lowest BCUT2D eigenvalue weighted by atomic mass is 9.82. The quantitative estimate of drug-likeness (QED) is 0.657. The second kappa shape index (κ2) is 3.64. The van der Waals surface area contributed by atoms with Crippen LogP contribution in [0.1, 0.15) is 29.8 Å². The Labute approximate surface area is 105 Å². The van der Waals surface area contributed by atoms with E-state index in [4.69, 9.17) is 0 Å². The van der Waals surface area contributed by atoms with Gasteiger partial charge in [-0.05, 0) is 41.8 Å². The zero-order valence-corrected chi connectivity index (χ0v) is 10.3. The average molecular weight is 236 g/mol. The molecule has 0 saturated heterocycles. The van der Waals surface area contributed by atoms with Crippen LogP contribution in [-0.4, -0.2) is 11.6 Å². The van der Waals surface area contributed by atoms with E-state index in [-0.39, 0.29) is 11.6 Å². The van der Waals surface area contributed by atoms with Gasteiger partial charge in [-0.15, -0.1) is 0 Å². The van der Waals surface area contributed by atoms with Gasteiger partial charge in [0.15, 0.2) is 0 Å². The van der Waals surface area contributed by atoms with Crippen molar-refractivity contribution in [2.75, 3.05) is 0 Å². The third kappa shape index (κ3) is 1.29. The normalized spacial score (nSPS) is 15.2. The molecule has 18 heavy (non-hydrogen) atoms. The molecule has 2 heteroatoms. The van der Waals surface area contributed by atoms with Crippen molar-refractivity contribution < 1.29 is 9.59 Å². The van der Waals surface area contributed by atoms with E-state index in [9.17, 15) is 9.59 Å². The molecule has 0 radical (unpaired) electrons. The number of benzene rings is 2. The second-order valence-electron chi connectivity index (χ2n) is 4.62. The maximum atomic E-state index is 12.0. The molecule has 2 aromatic rings. The number of Topliss-reactive ketones (excluding diaryl/α,β-unsaturated/α-hetero) is 2. The van der Waals surface area contributed by atoms with E-state index in [0.29, 0.717) is 11.1 Å². The van der Waals surface area contributed by atoms with Crippen molar-refractivity contribution in [3.05, 3.63) is 53.1 Å². The van der Waals surface area contributed by atoms with Gasteiger partial charge in [-0.25, -0.2) is 0 Å². The number of carbonyl (C=O) groups is 2. The summed E-state index contributed by atoms with van der Waals surface area (Å²) in [6, 6.07) is 11.6. The molecular weight excluding hydrogens is 224 g/mol. The zero-order chi connectivity index (χ0) is 12.9. The molecule has 0 N–H and O–H groups in total. The van der Waals surface area contributed by atoms with E-state index in [1.54, 1.807) is 13.0 Å². The number of rotatable bonds is 0. The first-order chi connectivity index (χ1) is 8.61. The Hall–Kier alpha value is -2.22. The molecule has 2 aromatic carbocycles. The van der Waals surface area contributed by atoms with Crippen LogP contribution in [0.15, 0.2) is 42.0 Å². The second-order valence-corrected chi connectivity index (χ2v) is 4.62. The van der Waals surface area contributed by atoms with Crippen molar-refractivity contribution in [2.24, 2.45) is 0 Å². The number of ketones is 2. The van der Waals surface area contributed by atoms with Crippen LogP contribution in [0.5, 0.6) is 0 Å². The van der Waals surface area contributed by atoms with Crippen molar-refractivity contribution in [3.63, 3.8) is 0 Å². The monoisotopic (exact) mass is 236 g/mol. The van der Waals surface area contributed by atoms with E-state index in [1.165, 1.54) is 0 Å². The molecule has 88 valence electrons. The maximum Gasteiger partial charge on any atom is 0.233 e. The van der Waals surface area contributed by atoms with E-state index >= 15 is 0 Å². The Morgan fingerprint density at radius 3 is 2.28 bits per heavy atom. The number of fused-ring (bicyclic) bond motifs is 3. The molecule has 0 atom stereocenters. The molecular formula is C16H12O2. The van der Waals surface area contributed by atoms with Crippen molar-refractivity contribution >= 4 is 27.9 Å². The lowest BCUT2D eigenvalue weighted by Gasteiger charge is -2.19. The summed E-state index contributed by atoms with van der Waals surface area (Å²) in [4.78, 5) is 23.9. The largest absolute Gasteiger partial charge is 0.285 e. The highest BCUT2D eigenvalue weighted by atomic mass is 16.2. The molecule has 1 aliphatic carbocycles. The van der Waals surface area contributed by atoms with Gasteiger partial charge in [-0.2, -0.15) is 0 Å². The highest BCUT2D eigenvalue weighted by Crippen LogP contribution is 2.34. The molecule has 0 aliphatic heterocycles. The van der Waals surface area contributed by atoms with E-state index in [0.717, 1.165) is 21.9 Å². The van der Waals surface area contributed by atoms with Crippen molar-refractivity contribution in [1.82, 2.24) is 0 Å². The predicted molar refractivity (Wildman–Crippen MR) is 71.6 cm³/mol. The number of carbonyl (C=O) groups excluding carboxylic acids is 2. The van der Waals surface area contributed by atoms with Gasteiger partial charge in [0, 0.05) is 11.1 Å². The number of hydrogen-bond acceptors (Lipinski definition) is 2. The van der Waals surface area contributed by atoms with E-state index in [1.807, 2.05) is 37.3 Å². The number of allylic oxidation sites excluding steroid dienone is 2. The summed E-state index contributed by atoms with van der Waals surface area (Å²) in [6.45, 7) is 3.63. The van der Waals surface area contributed by atoms with Gasteiger partial charge in [0.05, 0.1) is 0 Å². The Bertz CT molecular complexity index is 736. The molecule has 2 nitrogen and oxygen atoms in total. The highest BCUT2D eigenvalue weighted by Gasteiger charge is 2.29. The third-order valence-corrected chi connectivity index (χ3v) is 3.66. The third-order valence-electron chi connectivity index (χ3n) is 3.66. The first-order valence-electron chi connectivity index (χ1n) is 5.90. The standard InChI is InChI=1S/C16H12O2/c1-9-10(2)15(17)16(18)13-8-7-11-5-3-4-6-12(11)14(9)13/h3-8H,1-2H3. The fourth-order valence-electron chi connectivity index (χ4n) is 2.52. The topological polar surface area (TPSA) is 34.1 Å². The van der Waals surface area contributed by atoms with Crippen LogP contribution in [-0.2, 0) is 4.79 Å². The van der Waals surface area contributed by atoms with Gasteiger partial charge in [0.1, 0.15) is 0 Å². The minimum Gasteiger partial charge on any atom is -0.285 e. The van der Waals surface area contributed by atoms with Gasteiger partial charge < -0.3 is 0 Å². The lowest BCUT2D eigenvalue weighted by Crippen LogP contribution is -2.22. The molecule has 0 fully saturated rings. The van der Waals surface area contributed by atoms with Gasteiger partial charge in [-0.1, -0.05) is 30.3 Å². The summed E-state index contributed by atoms with van der Waals surface area (Å²) in [5, 5.41) is 2.12. The first kappa shape index (κ1) is 10.9. The summed E-state index contributed by atoms with van der Waals surface area (Å²) >= 11 is 0. The Balaban J connectivity index is 2.50. The Morgan fingerprint density at radius 2 is 1.50 bits per heavy atom. The summed E-state index contributed by atoms with van der Waals surface area (Å²) < 4.78 is 0. The molecule has 0 spiro atoms. The van der Waals surface area contributed by atoms with Crippen LogP contribution in [0, 0.1) is 0 Å². The van der Waals surface area contributed by atoms with Crippen molar-refractivity contribution in [2.45, 2.75) is 13.8 Å². The summed E-state index contributed by atoms with van der Waals surface area (Å²) in [5.74, 6) is -0.769. The summed E-state index contributed by atoms with van der Waals surface area (Å²) in [7, 11) is 0. The molecule has 3 rings (SSSR count). The fraction of sp³-hybridized carbons (Fsp3) is 0.125.